The number of carbonyl (C=O) groups is 1. The summed E-state index contributed by atoms with van der Waals surface area (Å²) < 4.78 is 0. The van der Waals surface area contributed by atoms with E-state index in [-0.39, 0.29) is 11.8 Å². The number of amides is 1. The molecular weight excluding hydrogens is 312 g/mol. The standard InChI is InChI=1S/C20H20N4O/c21-13-15-5-8-19(22-14-15)23-9-11-24(12-10-23)20(25)18-7-6-16-3-1-2-4-17(16)18/h1-5,8,14,18H,6-7,9-12H2/t18-/m0/s1. The van der Waals surface area contributed by atoms with Crippen LogP contribution >= 0.6 is 0 Å². The van der Waals surface area contributed by atoms with Crippen LogP contribution < -0.4 is 4.90 Å². The highest BCUT2D eigenvalue weighted by Crippen LogP contribution is 2.34. The van der Waals surface area contributed by atoms with E-state index < -0.39 is 0 Å². The minimum absolute atomic E-state index is 0.0239. The smallest absolute Gasteiger partial charge is 0.230 e. The molecule has 2 aliphatic rings. The average molecular weight is 332 g/mol. The molecule has 1 amide bonds. The van der Waals surface area contributed by atoms with Crippen LogP contribution in [-0.4, -0.2) is 42.0 Å². The molecule has 1 aromatic heterocycles. The van der Waals surface area contributed by atoms with E-state index in [0.717, 1.165) is 44.8 Å². The third-order valence-electron chi connectivity index (χ3n) is 5.22. The number of fused-ring (bicyclic) bond motifs is 1. The Balaban J connectivity index is 1.40. The van der Waals surface area contributed by atoms with Gasteiger partial charge in [-0.15, -0.1) is 0 Å². The monoisotopic (exact) mass is 332 g/mol. The van der Waals surface area contributed by atoms with Crippen LogP contribution in [0.5, 0.6) is 0 Å². The molecule has 1 fully saturated rings. The van der Waals surface area contributed by atoms with Gasteiger partial charge in [-0.05, 0) is 36.1 Å². The molecule has 1 saturated heterocycles. The molecule has 2 heterocycles. The number of anilines is 1. The van der Waals surface area contributed by atoms with Crippen molar-refractivity contribution in [2.24, 2.45) is 0 Å². The molecule has 1 aliphatic heterocycles. The van der Waals surface area contributed by atoms with Gasteiger partial charge in [-0.3, -0.25) is 4.79 Å². The molecule has 1 atom stereocenters. The summed E-state index contributed by atoms with van der Waals surface area (Å²) in [4.78, 5) is 21.5. The van der Waals surface area contributed by atoms with Gasteiger partial charge in [0.15, 0.2) is 0 Å². The maximum absolute atomic E-state index is 12.9. The van der Waals surface area contributed by atoms with Gasteiger partial charge in [-0.1, -0.05) is 24.3 Å². The van der Waals surface area contributed by atoms with Crippen molar-refractivity contribution in [3.8, 4) is 6.07 Å². The predicted octanol–water partition coefficient (Wildman–Crippen LogP) is 2.33. The fourth-order valence-electron chi connectivity index (χ4n) is 3.83. The van der Waals surface area contributed by atoms with Gasteiger partial charge < -0.3 is 9.80 Å². The van der Waals surface area contributed by atoms with E-state index in [4.69, 9.17) is 5.26 Å². The van der Waals surface area contributed by atoms with E-state index >= 15 is 0 Å². The molecule has 0 unspecified atom stereocenters. The lowest BCUT2D eigenvalue weighted by atomic mass is 9.99. The molecule has 126 valence electrons. The largest absolute Gasteiger partial charge is 0.353 e. The van der Waals surface area contributed by atoms with Crippen molar-refractivity contribution in [3.63, 3.8) is 0 Å². The van der Waals surface area contributed by atoms with Gasteiger partial charge >= 0.3 is 0 Å². The van der Waals surface area contributed by atoms with Crippen LogP contribution in [0, 0.1) is 11.3 Å². The fourth-order valence-corrected chi connectivity index (χ4v) is 3.83. The van der Waals surface area contributed by atoms with Crippen LogP contribution in [0.3, 0.4) is 0 Å². The molecule has 0 N–H and O–H groups in total. The number of rotatable bonds is 2. The second-order valence-electron chi connectivity index (χ2n) is 6.62. The van der Waals surface area contributed by atoms with Crippen molar-refractivity contribution in [2.75, 3.05) is 31.1 Å². The van der Waals surface area contributed by atoms with Crippen LogP contribution in [0.2, 0.25) is 0 Å². The number of pyridine rings is 1. The van der Waals surface area contributed by atoms with E-state index in [9.17, 15) is 4.79 Å². The SMILES string of the molecule is N#Cc1ccc(N2CCN(C(=O)[C@H]3CCc4ccccc43)CC2)nc1. The second-order valence-corrected chi connectivity index (χ2v) is 6.62. The first kappa shape index (κ1) is 15.6. The Morgan fingerprint density at radius 2 is 1.92 bits per heavy atom. The maximum Gasteiger partial charge on any atom is 0.230 e. The topological polar surface area (TPSA) is 60.2 Å². The lowest BCUT2D eigenvalue weighted by Crippen LogP contribution is -2.50. The number of hydrogen-bond acceptors (Lipinski definition) is 4. The van der Waals surface area contributed by atoms with Crippen LogP contribution in [0.4, 0.5) is 5.82 Å². The highest BCUT2D eigenvalue weighted by molar-refractivity contribution is 5.85. The summed E-state index contributed by atoms with van der Waals surface area (Å²) in [7, 11) is 0. The molecule has 2 aromatic rings. The number of nitriles is 1. The summed E-state index contributed by atoms with van der Waals surface area (Å²) in [6.45, 7) is 3.00. The third kappa shape index (κ3) is 2.96. The minimum Gasteiger partial charge on any atom is -0.353 e. The zero-order chi connectivity index (χ0) is 17.2. The van der Waals surface area contributed by atoms with E-state index in [2.05, 4.69) is 34.2 Å². The summed E-state index contributed by atoms with van der Waals surface area (Å²) in [5, 5.41) is 8.86. The number of carbonyl (C=O) groups excluding carboxylic acids is 1. The Labute approximate surface area is 147 Å². The van der Waals surface area contributed by atoms with Gasteiger partial charge in [0.05, 0.1) is 11.5 Å². The average Bonchev–Trinajstić information content (AvgIpc) is 3.12. The van der Waals surface area contributed by atoms with E-state index in [1.807, 2.05) is 17.0 Å². The number of aromatic nitrogens is 1. The molecule has 0 radical (unpaired) electrons. The van der Waals surface area contributed by atoms with Crippen molar-refractivity contribution in [2.45, 2.75) is 18.8 Å². The zero-order valence-electron chi connectivity index (χ0n) is 14.1. The first-order chi connectivity index (χ1) is 12.3. The van der Waals surface area contributed by atoms with E-state index in [1.54, 1.807) is 12.3 Å². The summed E-state index contributed by atoms with van der Waals surface area (Å²) >= 11 is 0. The number of aryl methyl sites for hydroxylation is 1. The summed E-state index contributed by atoms with van der Waals surface area (Å²) in [5.74, 6) is 1.16. The van der Waals surface area contributed by atoms with Crippen LogP contribution in [0.25, 0.3) is 0 Å². The molecule has 4 rings (SSSR count). The Morgan fingerprint density at radius 3 is 2.64 bits per heavy atom. The first-order valence-electron chi connectivity index (χ1n) is 8.74. The Hall–Kier alpha value is -2.87. The molecule has 1 aromatic carbocycles. The van der Waals surface area contributed by atoms with Crippen LogP contribution in [0.1, 0.15) is 29.0 Å². The van der Waals surface area contributed by atoms with Crippen molar-refractivity contribution >= 4 is 11.7 Å². The maximum atomic E-state index is 12.9. The number of nitrogens with zero attached hydrogens (tertiary/aromatic N) is 4. The number of benzene rings is 1. The zero-order valence-corrected chi connectivity index (χ0v) is 14.1. The van der Waals surface area contributed by atoms with Crippen molar-refractivity contribution in [3.05, 3.63) is 59.3 Å². The van der Waals surface area contributed by atoms with Gasteiger partial charge in [0.25, 0.3) is 0 Å². The first-order valence-corrected chi connectivity index (χ1v) is 8.74. The molecule has 0 spiro atoms. The highest BCUT2D eigenvalue weighted by atomic mass is 16.2. The lowest BCUT2D eigenvalue weighted by Gasteiger charge is -2.36. The highest BCUT2D eigenvalue weighted by Gasteiger charge is 2.33. The Morgan fingerprint density at radius 1 is 1.12 bits per heavy atom. The normalized spacial score (nSPS) is 19.4. The Bertz CT molecular complexity index is 816. The molecule has 25 heavy (non-hydrogen) atoms. The molecule has 0 saturated carbocycles. The molecule has 5 heteroatoms. The molecule has 1 aliphatic carbocycles. The van der Waals surface area contributed by atoms with Gasteiger partial charge in [-0.2, -0.15) is 5.26 Å². The number of hydrogen-bond donors (Lipinski definition) is 0. The minimum atomic E-state index is 0.0239. The van der Waals surface area contributed by atoms with Crippen molar-refractivity contribution in [1.29, 1.82) is 5.26 Å². The fraction of sp³-hybridized carbons (Fsp3) is 0.350. The van der Waals surface area contributed by atoms with Gasteiger partial charge in [0, 0.05) is 32.4 Å². The Kier molecular flexibility index (Phi) is 4.10. The van der Waals surface area contributed by atoms with Gasteiger partial charge in [-0.25, -0.2) is 4.98 Å². The van der Waals surface area contributed by atoms with E-state index in [1.165, 1.54) is 11.1 Å². The molecule has 0 bridgehead atoms. The number of piperazine rings is 1. The molecular formula is C20H20N4O. The van der Waals surface area contributed by atoms with Crippen LogP contribution in [-0.2, 0) is 11.2 Å². The predicted molar refractivity (Wildman–Crippen MR) is 95.2 cm³/mol. The van der Waals surface area contributed by atoms with Gasteiger partial charge in [0.2, 0.25) is 5.91 Å². The van der Waals surface area contributed by atoms with E-state index in [0.29, 0.717) is 5.56 Å². The third-order valence-corrected chi connectivity index (χ3v) is 5.22. The quantitative estimate of drug-likeness (QED) is 0.847. The van der Waals surface area contributed by atoms with Crippen LogP contribution in [0.15, 0.2) is 42.6 Å². The summed E-state index contributed by atoms with van der Waals surface area (Å²) in [6, 6.07) is 14.1. The van der Waals surface area contributed by atoms with Crippen molar-refractivity contribution in [1.82, 2.24) is 9.88 Å². The molecule has 5 nitrogen and oxygen atoms in total. The lowest BCUT2D eigenvalue weighted by molar-refractivity contribution is -0.133. The van der Waals surface area contributed by atoms with Gasteiger partial charge in [0.1, 0.15) is 11.9 Å². The summed E-state index contributed by atoms with van der Waals surface area (Å²) in [6.07, 6.45) is 3.53. The summed E-state index contributed by atoms with van der Waals surface area (Å²) in [5.41, 5.74) is 3.10. The van der Waals surface area contributed by atoms with Crippen molar-refractivity contribution < 1.29 is 4.79 Å². The second kappa shape index (κ2) is 6.56.